The van der Waals surface area contributed by atoms with Crippen LogP contribution in [0.5, 0.6) is 0 Å². The van der Waals surface area contributed by atoms with Crippen LogP contribution in [0.2, 0.25) is 0 Å². The zero-order chi connectivity index (χ0) is 21.1. The van der Waals surface area contributed by atoms with E-state index >= 15 is 0 Å². The number of esters is 1. The predicted octanol–water partition coefficient (Wildman–Crippen LogP) is 6.36. The summed E-state index contributed by atoms with van der Waals surface area (Å²) >= 11 is 0. The van der Waals surface area contributed by atoms with Crippen LogP contribution in [-0.2, 0) is 21.9 Å². The highest BCUT2D eigenvalue weighted by molar-refractivity contribution is 5.91. The highest BCUT2D eigenvalue weighted by Gasteiger charge is 2.36. The molecule has 2 aromatic carbocycles. The lowest BCUT2D eigenvalue weighted by Crippen LogP contribution is -2.11. The molecule has 0 fully saturated rings. The molecule has 0 atom stereocenters. The summed E-state index contributed by atoms with van der Waals surface area (Å²) in [6, 6.07) is 7.24. The maximum atomic E-state index is 13.0. The van der Waals surface area contributed by atoms with Gasteiger partial charge < -0.3 is 4.74 Å². The molecule has 2 nitrogen and oxygen atoms in total. The van der Waals surface area contributed by atoms with Crippen molar-refractivity contribution in [2.75, 3.05) is 6.61 Å². The van der Waals surface area contributed by atoms with E-state index in [9.17, 15) is 31.1 Å². The molecule has 0 N–H and O–H groups in total. The lowest BCUT2D eigenvalue weighted by molar-refractivity contribution is -0.143. The molecule has 2 aromatic rings. The van der Waals surface area contributed by atoms with Crippen LogP contribution in [0.3, 0.4) is 0 Å². The maximum absolute atomic E-state index is 13.0. The number of rotatable bonds is 4. The van der Waals surface area contributed by atoms with Gasteiger partial charge in [0.05, 0.1) is 17.7 Å². The molecular formula is C20H16F6O2. The average Bonchev–Trinajstić information content (AvgIpc) is 2.60. The first kappa shape index (κ1) is 21.5. The van der Waals surface area contributed by atoms with E-state index in [0.717, 1.165) is 0 Å². The highest BCUT2D eigenvalue weighted by atomic mass is 19.4. The van der Waals surface area contributed by atoms with Crippen molar-refractivity contribution >= 4 is 11.5 Å². The minimum atomic E-state index is -4.91. The molecule has 0 saturated carbocycles. The van der Waals surface area contributed by atoms with E-state index in [2.05, 4.69) is 0 Å². The first-order valence-corrected chi connectivity index (χ1v) is 8.17. The van der Waals surface area contributed by atoms with Crippen molar-refractivity contribution in [2.45, 2.75) is 26.2 Å². The number of halogens is 6. The summed E-state index contributed by atoms with van der Waals surface area (Å²) in [5.74, 6) is -0.545. The van der Waals surface area contributed by atoms with Crippen LogP contribution >= 0.6 is 0 Å². The fourth-order valence-electron chi connectivity index (χ4n) is 2.49. The van der Waals surface area contributed by atoms with E-state index in [-0.39, 0.29) is 23.8 Å². The fourth-order valence-corrected chi connectivity index (χ4v) is 2.49. The number of carbonyl (C=O) groups excluding carboxylic acids is 1. The predicted molar refractivity (Wildman–Crippen MR) is 92.2 cm³/mol. The van der Waals surface area contributed by atoms with E-state index in [1.807, 2.05) is 0 Å². The molecule has 2 rings (SSSR count). The molecule has 150 valence electrons. The number of hydrogen-bond acceptors (Lipinski definition) is 2. The van der Waals surface area contributed by atoms with E-state index in [4.69, 9.17) is 4.74 Å². The Labute approximate surface area is 157 Å². The minimum absolute atomic E-state index is 0.0874. The summed E-state index contributed by atoms with van der Waals surface area (Å²) in [6.45, 7) is 3.50. The van der Waals surface area contributed by atoms with Crippen molar-refractivity contribution in [3.8, 4) is 11.1 Å². The zero-order valence-electron chi connectivity index (χ0n) is 14.9. The molecule has 28 heavy (non-hydrogen) atoms. The summed E-state index contributed by atoms with van der Waals surface area (Å²) < 4.78 is 82.7. The van der Waals surface area contributed by atoms with E-state index in [0.29, 0.717) is 23.3 Å². The Morgan fingerprint density at radius 3 is 1.82 bits per heavy atom. The molecule has 0 saturated heterocycles. The number of alkyl halides is 6. The molecule has 0 aliphatic rings. The second kappa shape index (κ2) is 8.08. The summed E-state index contributed by atoms with van der Waals surface area (Å²) in [4.78, 5) is 11.5. The topological polar surface area (TPSA) is 26.3 Å². The first-order chi connectivity index (χ1) is 12.9. The van der Waals surface area contributed by atoms with Gasteiger partial charge in [0.2, 0.25) is 0 Å². The SMILES string of the molecule is CCOC(=O)C=C(C)c1ccc(-c2cc(C(F)(F)F)cc(C(F)(F)F)c2)cc1. The van der Waals surface area contributed by atoms with Gasteiger partial charge in [-0.25, -0.2) is 4.79 Å². The van der Waals surface area contributed by atoms with Crippen molar-refractivity contribution in [3.05, 3.63) is 65.2 Å². The molecule has 0 aliphatic carbocycles. The number of allylic oxidation sites excluding steroid dienone is 1. The largest absolute Gasteiger partial charge is 0.463 e. The van der Waals surface area contributed by atoms with Gasteiger partial charge in [0.1, 0.15) is 0 Å². The average molecular weight is 402 g/mol. The Morgan fingerprint density at radius 1 is 0.893 bits per heavy atom. The van der Waals surface area contributed by atoms with Gasteiger partial charge in [-0.15, -0.1) is 0 Å². The monoisotopic (exact) mass is 402 g/mol. The summed E-state index contributed by atoms with van der Waals surface area (Å²) in [5, 5.41) is 0. The third kappa shape index (κ3) is 5.37. The van der Waals surface area contributed by atoms with Crippen LogP contribution in [-0.4, -0.2) is 12.6 Å². The Bertz CT molecular complexity index is 845. The molecule has 0 radical (unpaired) electrons. The van der Waals surface area contributed by atoms with Gasteiger partial charge in [-0.1, -0.05) is 24.3 Å². The van der Waals surface area contributed by atoms with Crippen LogP contribution in [0.1, 0.15) is 30.5 Å². The molecule has 0 heterocycles. The van der Waals surface area contributed by atoms with Crippen LogP contribution in [0, 0.1) is 0 Å². The van der Waals surface area contributed by atoms with Crippen molar-refractivity contribution < 1.29 is 35.9 Å². The Balaban J connectivity index is 2.44. The molecular weight excluding hydrogens is 386 g/mol. The lowest BCUT2D eigenvalue weighted by atomic mass is 9.97. The minimum Gasteiger partial charge on any atom is -0.463 e. The van der Waals surface area contributed by atoms with Crippen molar-refractivity contribution in [1.82, 2.24) is 0 Å². The highest BCUT2D eigenvalue weighted by Crippen LogP contribution is 2.38. The van der Waals surface area contributed by atoms with Gasteiger partial charge in [-0.05, 0) is 54.3 Å². The lowest BCUT2D eigenvalue weighted by Gasteiger charge is -2.14. The first-order valence-electron chi connectivity index (χ1n) is 8.17. The zero-order valence-corrected chi connectivity index (χ0v) is 14.9. The molecule has 8 heteroatoms. The van der Waals surface area contributed by atoms with Crippen molar-refractivity contribution in [2.24, 2.45) is 0 Å². The second-order valence-electron chi connectivity index (χ2n) is 5.95. The fraction of sp³-hybridized carbons (Fsp3) is 0.250. The smallest absolute Gasteiger partial charge is 0.416 e. The van der Waals surface area contributed by atoms with Gasteiger partial charge in [-0.3, -0.25) is 0 Å². The number of ether oxygens (including phenoxy) is 1. The maximum Gasteiger partial charge on any atom is 0.416 e. The summed E-state index contributed by atoms with van der Waals surface area (Å²) in [5.41, 5.74) is -1.64. The number of hydrogen-bond donors (Lipinski definition) is 0. The van der Waals surface area contributed by atoms with E-state index in [1.54, 1.807) is 13.8 Å². The van der Waals surface area contributed by atoms with Crippen LogP contribution < -0.4 is 0 Å². The van der Waals surface area contributed by atoms with E-state index < -0.39 is 29.4 Å². The van der Waals surface area contributed by atoms with Crippen LogP contribution in [0.25, 0.3) is 16.7 Å². The van der Waals surface area contributed by atoms with Crippen molar-refractivity contribution in [3.63, 3.8) is 0 Å². The summed E-state index contributed by atoms with van der Waals surface area (Å²) in [6.07, 6.45) is -8.56. The Hall–Kier alpha value is -2.77. The standard InChI is InChI=1S/C20H16F6O2/c1-3-28-18(27)8-12(2)13-4-6-14(7-5-13)15-9-16(19(21,22)23)11-17(10-15)20(24,25)26/h4-11H,3H2,1-2H3. The quantitative estimate of drug-likeness (QED) is 0.338. The Kier molecular flexibility index (Phi) is 6.21. The molecule has 0 aromatic heterocycles. The van der Waals surface area contributed by atoms with E-state index in [1.165, 1.54) is 30.3 Å². The summed E-state index contributed by atoms with van der Waals surface area (Å²) in [7, 11) is 0. The third-order valence-corrected chi connectivity index (χ3v) is 3.88. The van der Waals surface area contributed by atoms with Gasteiger partial charge in [0.25, 0.3) is 0 Å². The van der Waals surface area contributed by atoms with Crippen LogP contribution in [0.4, 0.5) is 26.3 Å². The van der Waals surface area contributed by atoms with Crippen LogP contribution in [0.15, 0.2) is 48.5 Å². The molecule has 0 spiro atoms. The molecule has 0 bridgehead atoms. The van der Waals surface area contributed by atoms with Gasteiger partial charge in [-0.2, -0.15) is 26.3 Å². The number of carbonyl (C=O) groups is 1. The normalized spacial score (nSPS) is 12.8. The molecule has 0 amide bonds. The Morgan fingerprint density at radius 2 is 1.39 bits per heavy atom. The van der Waals surface area contributed by atoms with Gasteiger partial charge >= 0.3 is 18.3 Å². The van der Waals surface area contributed by atoms with Gasteiger partial charge in [0, 0.05) is 6.08 Å². The third-order valence-electron chi connectivity index (χ3n) is 3.88. The molecule has 0 unspecified atom stereocenters. The number of benzene rings is 2. The van der Waals surface area contributed by atoms with Crippen molar-refractivity contribution in [1.29, 1.82) is 0 Å². The second-order valence-corrected chi connectivity index (χ2v) is 5.95. The van der Waals surface area contributed by atoms with Gasteiger partial charge in [0.15, 0.2) is 0 Å². The molecule has 0 aliphatic heterocycles.